The topological polar surface area (TPSA) is 79.5 Å². The van der Waals surface area contributed by atoms with Crippen LogP contribution in [0.4, 0.5) is 0 Å². The second-order valence-electron chi connectivity index (χ2n) is 5.31. The van der Waals surface area contributed by atoms with Crippen molar-refractivity contribution >= 4 is 11.9 Å². The molecule has 0 bridgehead atoms. The smallest absolute Gasteiger partial charge is 0.308 e. The normalized spacial score (nSPS) is 11.9. The average molecular weight is 301 g/mol. The van der Waals surface area contributed by atoms with E-state index in [2.05, 4.69) is 5.32 Å². The van der Waals surface area contributed by atoms with Crippen LogP contribution in [0, 0.1) is 19.8 Å². The van der Waals surface area contributed by atoms with E-state index in [0.29, 0.717) is 6.42 Å². The third-order valence-electron chi connectivity index (χ3n) is 3.65. The van der Waals surface area contributed by atoms with Gasteiger partial charge in [0, 0.05) is 12.1 Å². The van der Waals surface area contributed by atoms with Crippen LogP contribution in [0.5, 0.6) is 0 Å². The van der Waals surface area contributed by atoms with Gasteiger partial charge < -0.3 is 14.8 Å². The van der Waals surface area contributed by atoms with Crippen LogP contribution in [-0.2, 0) is 11.2 Å². The fourth-order valence-electron chi connectivity index (χ4n) is 2.25. The predicted octanol–water partition coefficient (Wildman–Crippen LogP) is 2.57. The maximum absolute atomic E-state index is 12.0. The summed E-state index contributed by atoms with van der Waals surface area (Å²) in [6.07, 6.45) is 1.81. The van der Waals surface area contributed by atoms with Crippen molar-refractivity contribution in [2.24, 2.45) is 5.92 Å². The van der Waals surface area contributed by atoms with Crippen molar-refractivity contribution in [3.05, 3.63) is 59.0 Å². The third kappa shape index (κ3) is 3.75. The highest BCUT2D eigenvalue weighted by molar-refractivity contribution is 5.93. The molecule has 2 aromatic rings. The minimum atomic E-state index is -0.931. The number of carbonyl (C=O) groups is 2. The molecule has 0 aliphatic carbocycles. The van der Waals surface area contributed by atoms with Gasteiger partial charge in [-0.1, -0.05) is 24.3 Å². The molecule has 0 saturated carbocycles. The Morgan fingerprint density at radius 1 is 1.18 bits per heavy atom. The standard InChI is InChI=1S/C17H19NO4/c1-11-5-3-4-6-13(11)9-14(17(20)21)10-18-16(19)15-12(2)7-8-22-15/h3-8,14H,9-10H2,1-2H3,(H,18,19)(H,20,21). The molecular weight excluding hydrogens is 282 g/mol. The van der Waals surface area contributed by atoms with Gasteiger partial charge >= 0.3 is 5.97 Å². The fourth-order valence-corrected chi connectivity index (χ4v) is 2.25. The Labute approximate surface area is 129 Å². The number of hydrogen-bond acceptors (Lipinski definition) is 3. The number of carbonyl (C=O) groups excluding carboxylic acids is 1. The Bertz CT molecular complexity index is 675. The van der Waals surface area contributed by atoms with E-state index in [1.165, 1.54) is 6.26 Å². The van der Waals surface area contributed by atoms with Crippen molar-refractivity contribution in [2.75, 3.05) is 6.54 Å². The van der Waals surface area contributed by atoms with E-state index in [4.69, 9.17) is 4.42 Å². The first kappa shape index (κ1) is 15.8. The molecule has 0 saturated heterocycles. The van der Waals surface area contributed by atoms with Crippen LogP contribution >= 0.6 is 0 Å². The quantitative estimate of drug-likeness (QED) is 0.859. The maximum Gasteiger partial charge on any atom is 0.308 e. The van der Waals surface area contributed by atoms with Crippen LogP contribution < -0.4 is 5.32 Å². The first-order chi connectivity index (χ1) is 10.5. The van der Waals surface area contributed by atoms with E-state index < -0.39 is 17.8 Å². The van der Waals surface area contributed by atoms with Gasteiger partial charge in [-0.05, 0) is 37.5 Å². The van der Waals surface area contributed by atoms with Gasteiger partial charge in [0.1, 0.15) is 0 Å². The summed E-state index contributed by atoms with van der Waals surface area (Å²) in [7, 11) is 0. The molecule has 1 aromatic carbocycles. The Morgan fingerprint density at radius 2 is 1.91 bits per heavy atom. The summed E-state index contributed by atoms with van der Waals surface area (Å²) in [5, 5.41) is 12.0. The summed E-state index contributed by atoms with van der Waals surface area (Å²) in [6.45, 7) is 3.77. The van der Waals surface area contributed by atoms with Crippen LogP contribution in [0.1, 0.15) is 27.2 Å². The predicted molar refractivity (Wildman–Crippen MR) is 81.8 cm³/mol. The molecule has 2 N–H and O–H groups in total. The van der Waals surface area contributed by atoms with E-state index in [9.17, 15) is 14.7 Å². The molecule has 1 aromatic heterocycles. The zero-order chi connectivity index (χ0) is 16.1. The molecule has 1 unspecified atom stereocenters. The summed E-state index contributed by atoms with van der Waals surface area (Å²) in [5.41, 5.74) is 2.74. The molecule has 116 valence electrons. The van der Waals surface area contributed by atoms with Gasteiger partial charge in [0.25, 0.3) is 5.91 Å². The van der Waals surface area contributed by atoms with Crippen molar-refractivity contribution in [2.45, 2.75) is 20.3 Å². The largest absolute Gasteiger partial charge is 0.481 e. The zero-order valence-corrected chi connectivity index (χ0v) is 12.6. The van der Waals surface area contributed by atoms with Gasteiger partial charge in [-0.25, -0.2) is 0 Å². The average Bonchev–Trinajstić information content (AvgIpc) is 2.91. The second-order valence-corrected chi connectivity index (χ2v) is 5.31. The summed E-state index contributed by atoms with van der Waals surface area (Å²) in [6, 6.07) is 9.34. The van der Waals surface area contributed by atoms with Crippen LogP contribution in [0.15, 0.2) is 41.0 Å². The Kier molecular flexibility index (Phi) is 4.99. The van der Waals surface area contributed by atoms with E-state index in [1.807, 2.05) is 31.2 Å². The molecule has 0 aliphatic heterocycles. The lowest BCUT2D eigenvalue weighted by atomic mass is 9.96. The first-order valence-corrected chi connectivity index (χ1v) is 7.08. The van der Waals surface area contributed by atoms with Gasteiger partial charge in [-0.15, -0.1) is 0 Å². The second kappa shape index (κ2) is 6.93. The van der Waals surface area contributed by atoms with Gasteiger partial charge in [-0.3, -0.25) is 9.59 Å². The molecule has 0 radical (unpaired) electrons. The fraction of sp³-hybridized carbons (Fsp3) is 0.294. The summed E-state index contributed by atoms with van der Waals surface area (Å²) in [4.78, 5) is 23.4. The number of hydrogen-bond donors (Lipinski definition) is 2. The minimum Gasteiger partial charge on any atom is -0.481 e. The van der Waals surface area contributed by atoms with E-state index in [0.717, 1.165) is 16.7 Å². The number of nitrogens with one attached hydrogen (secondary N) is 1. The molecule has 2 rings (SSSR count). The van der Waals surface area contributed by atoms with E-state index >= 15 is 0 Å². The monoisotopic (exact) mass is 301 g/mol. The summed E-state index contributed by atoms with van der Waals surface area (Å²) < 4.78 is 5.10. The molecule has 22 heavy (non-hydrogen) atoms. The van der Waals surface area contributed by atoms with E-state index in [-0.39, 0.29) is 12.3 Å². The first-order valence-electron chi connectivity index (χ1n) is 7.08. The number of aryl methyl sites for hydroxylation is 2. The number of amides is 1. The Balaban J connectivity index is 2.01. The van der Waals surface area contributed by atoms with Crippen molar-refractivity contribution in [3.63, 3.8) is 0 Å². The molecule has 5 nitrogen and oxygen atoms in total. The zero-order valence-electron chi connectivity index (χ0n) is 12.6. The van der Waals surface area contributed by atoms with Crippen molar-refractivity contribution in [1.82, 2.24) is 5.32 Å². The molecule has 0 fully saturated rings. The van der Waals surface area contributed by atoms with Gasteiger partial charge in [-0.2, -0.15) is 0 Å². The summed E-state index contributed by atoms with van der Waals surface area (Å²) >= 11 is 0. The highest BCUT2D eigenvalue weighted by Crippen LogP contribution is 2.14. The van der Waals surface area contributed by atoms with Crippen molar-refractivity contribution in [1.29, 1.82) is 0 Å². The molecule has 1 heterocycles. The van der Waals surface area contributed by atoms with E-state index in [1.54, 1.807) is 13.0 Å². The minimum absolute atomic E-state index is 0.0582. The van der Waals surface area contributed by atoms with Gasteiger partial charge in [0.15, 0.2) is 5.76 Å². The Morgan fingerprint density at radius 3 is 2.50 bits per heavy atom. The lowest BCUT2D eigenvalue weighted by molar-refractivity contribution is -0.141. The number of furan rings is 1. The SMILES string of the molecule is Cc1ccccc1CC(CNC(=O)c1occc1C)C(=O)O. The number of carboxylic acid groups (broad SMARTS) is 1. The molecule has 1 atom stereocenters. The van der Waals surface area contributed by atoms with Crippen LogP contribution in [0.25, 0.3) is 0 Å². The van der Waals surface area contributed by atoms with Crippen LogP contribution in [0.2, 0.25) is 0 Å². The van der Waals surface area contributed by atoms with Crippen LogP contribution in [0.3, 0.4) is 0 Å². The summed E-state index contributed by atoms with van der Waals surface area (Å²) in [5.74, 6) is -1.78. The number of carboxylic acids is 1. The number of benzene rings is 1. The highest BCUT2D eigenvalue weighted by atomic mass is 16.4. The maximum atomic E-state index is 12.0. The molecule has 0 aliphatic rings. The van der Waals surface area contributed by atoms with Crippen LogP contribution in [-0.4, -0.2) is 23.5 Å². The third-order valence-corrected chi connectivity index (χ3v) is 3.65. The van der Waals surface area contributed by atoms with Gasteiger partial charge in [0.2, 0.25) is 0 Å². The Hall–Kier alpha value is -2.56. The number of aliphatic carboxylic acids is 1. The van der Waals surface area contributed by atoms with Crippen molar-refractivity contribution in [3.8, 4) is 0 Å². The lowest BCUT2D eigenvalue weighted by Gasteiger charge is -2.14. The van der Waals surface area contributed by atoms with Gasteiger partial charge in [0.05, 0.1) is 12.2 Å². The lowest BCUT2D eigenvalue weighted by Crippen LogP contribution is -2.34. The number of rotatable bonds is 6. The molecular formula is C17H19NO4. The molecule has 5 heteroatoms. The molecule has 0 spiro atoms. The highest BCUT2D eigenvalue weighted by Gasteiger charge is 2.21. The van der Waals surface area contributed by atoms with Crippen molar-refractivity contribution < 1.29 is 19.1 Å². The molecule has 1 amide bonds.